The fraction of sp³-hybridized carbons (Fsp3) is 0.333. The summed E-state index contributed by atoms with van der Waals surface area (Å²) in [5.74, 6) is 0.691. The van der Waals surface area contributed by atoms with Crippen LogP contribution in [-0.2, 0) is 13.5 Å². The Balaban J connectivity index is 1.38. The van der Waals surface area contributed by atoms with Crippen LogP contribution in [0.1, 0.15) is 35.7 Å². The van der Waals surface area contributed by atoms with E-state index in [0.29, 0.717) is 21.4 Å². The van der Waals surface area contributed by atoms with Crippen LogP contribution in [0.5, 0.6) is 0 Å². The highest BCUT2D eigenvalue weighted by Crippen LogP contribution is 2.50. The Morgan fingerprint density at radius 3 is 2.74 bits per heavy atom. The number of hydrogen-bond donors (Lipinski definition) is 2. The van der Waals surface area contributed by atoms with Crippen LogP contribution in [0.3, 0.4) is 0 Å². The molecule has 1 aliphatic carbocycles. The molecule has 4 N–H and O–H groups in total. The summed E-state index contributed by atoms with van der Waals surface area (Å²) in [7, 11) is 1.70. The fourth-order valence-electron chi connectivity index (χ4n) is 5.05. The van der Waals surface area contributed by atoms with Crippen LogP contribution in [0.15, 0.2) is 51.1 Å². The zero-order valence-electron chi connectivity index (χ0n) is 18.7. The lowest BCUT2D eigenvalue weighted by atomic mass is 9.73. The third kappa shape index (κ3) is 3.63. The molecule has 1 saturated heterocycles. The van der Waals surface area contributed by atoms with Gasteiger partial charge in [0.25, 0.3) is 5.56 Å². The summed E-state index contributed by atoms with van der Waals surface area (Å²) in [4.78, 5) is 25.3. The minimum absolute atomic E-state index is 0.0180. The van der Waals surface area contributed by atoms with E-state index < -0.39 is 0 Å². The molecule has 0 saturated carbocycles. The predicted molar refractivity (Wildman–Crippen MR) is 133 cm³/mol. The molecule has 1 atom stereocenters. The number of aromatic nitrogens is 3. The number of nitrogens with two attached hydrogens (primary N) is 2. The second-order valence-corrected chi connectivity index (χ2v) is 10.3. The molecule has 174 valence electrons. The first kappa shape index (κ1) is 22.7. The zero-order chi connectivity index (χ0) is 24.0. The average molecular weight is 494 g/mol. The van der Waals surface area contributed by atoms with Crippen molar-refractivity contribution in [2.24, 2.45) is 18.2 Å². The van der Waals surface area contributed by atoms with E-state index in [9.17, 15) is 10.1 Å². The maximum Gasteiger partial charge on any atom is 0.270 e. The minimum Gasteiger partial charge on any atom is -0.382 e. The first-order valence-corrected chi connectivity index (χ1v) is 12.2. The lowest BCUT2D eigenvalue weighted by Gasteiger charge is -2.42. The number of rotatable bonds is 3. The molecule has 34 heavy (non-hydrogen) atoms. The number of piperidine rings is 1. The number of hydrogen-bond acceptors (Lipinski definition) is 8. The van der Waals surface area contributed by atoms with Gasteiger partial charge in [0.1, 0.15) is 16.8 Å². The van der Waals surface area contributed by atoms with Crippen molar-refractivity contribution in [1.29, 1.82) is 5.26 Å². The van der Waals surface area contributed by atoms with Crippen molar-refractivity contribution in [2.45, 2.75) is 35.1 Å². The maximum atomic E-state index is 13.2. The van der Waals surface area contributed by atoms with Crippen molar-refractivity contribution in [3.05, 3.63) is 68.7 Å². The molecule has 0 radical (unpaired) electrons. The van der Waals surface area contributed by atoms with Gasteiger partial charge in [-0.25, -0.2) is 0 Å². The van der Waals surface area contributed by atoms with E-state index in [-0.39, 0.29) is 27.7 Å². The Kier molecular flexibility index (Phi) is 5.76. The van der Waals surface area contributed by atoms with Crippen molar-refractivity contribution >= 4 is 35.1 Å². The quantitative estimate of drug-likeness (QED) is 0.569. The van der Waals surface area contributed by atoms with E-state index in [1.807, 2.05) is 18.3 Å². The van der Waals surface area contributed by atoms with Crippen molar-refractivity contribution < 1.29 is 0 Å². The largest absolute Gasteiger partial charge is 0.382 e. The van der Waals surface area contributed by atoms with Gasteiger partial charge >= 0.3 is 0 Å². The molecule has 2 aliphatic rings. The molecular formula is C24H24ClN7OS. The van der Waals surface area contributed by atoms with Crippen molar-refractivity contribution in [3.8, 4) is 6.07 Å². The molecular weight excluding hydrogens is 470 g/mol. The van der Waals surface area contributed by atoms with Crippen molar-refractivity contribution in [2.75, 3.05) is 23.7 Å². The summed E-state index contributed by atoms with van der Waals surface area (Å²) in [6.07, 6.45) is 4.47. The summed E-state index contributed by atoms with van der Waals surface area (Å²) in [5.41, 5.74) is 15.2. The SMILES string of the molecule is Cn1c(N2CCC3(CC2)Cc2ncccc2[C@H]3N)nc(N)c(Sc2cccc(C#N)c2Cl)c1=O. The molecule has 0 amide bonds. The Labute approximate surface area is 206 Å². The maximum absolute atomic E-state index is 13.2. The highest BCUT2D eigenvalue weighted by atomic mass is 35.5. The van der Waals surface area contributed by atoms with E-state index in [1.165, 1.54) is 4.57 Å². The van der Waals surface area contributed by atoms with Gasteiger partial charge in [-0.2, -0.15) is 10.2 Å². The fourth-order valence-corrected chi connectivity index (χ4v) is 6.27. The van der Waals surface area contributed by atoms with Gasteiger partial charge in [-0.05, 0) is 48.4 Å². The lowest BCUT2D eigenvalue weighted by molar-refractivity contribution is 0.185. The van der Waals surface area contributed by atoms with Gasteiger partial charge in [0.2, 0.25) is 5.95 Å². The van der Waals surface area contributed by atoms with Crippen LogP contribution in [0.4, 0.5) is 11.8 Å². The van der Waals surface area contributed by atoms with Gasteiger partial charge in [-0.3, -0.25) is 14.3 Å². The summed E-state index contributed by atoms with van der Waals surface area (Å²) in [6, 6.07) is 11.1. The molecule has 2 aromatic heterocycles. The highest BCUT2D eigenvalue weighted by molar-refractivity contribution is 7.99. The third-order valence-electron chi connectivity index (χ3n) is 7.03. The van der Waals surface area contributed by atoms with Gasteiger partial charge in [-0.1, -0.05) is 35.5 Å². The van der Waals surface area contributed by atoms with Crippen LogP contribution in [-0.4, -0.2) is 27.6 Å². The van der Waals surface area contributed by atoms with E-state index in [0.717, 1.165) is 55.4 Å². The number of halogens is 1. The minimum atomic E-state index is -0.250. The van der Waals surface area contributed by atoms with E-state index >= 15 is 0 Å². The Morgan fingerprint density at radius 1 is 1.26 bits per heavy atom. The Hall–Kier alpha value is -3.06. The first-order valence-electron chi connectivity index (χ1n) is 11.0. The third-order valence-corrected chi connectivity index (χ3v) is 8.70. The molecule has 3 aromatic rings. The summed E-state index contributed by atoms with van der Waals surface area (Å²) >= 11 is 7.45. The monoisotopic (exact) mass is 493 g/mol. The number of nitrogens with zero attached hydrogens (tertiary/aromatic N) is 5. The van der Waals surface area contributed by atoms with Crippen molar-refractivity contribution in [1.82, 2.24) is 14.5 Å². The first-order chi connectivity index (χ1) is 16.3. The average Bonchev–Trinajstić information content (AvgIpc) is 3.12. The normalized spacial score (nSPS) is 18.6. The molecule has 8 nitrogen and oxygen atoms in total. The summed E-state index contributed by atoms with van der Waals surface area (Å²) in [5, 5.41) is 9.52. The van der Waals surface area contributed by atoms with E-state index in [1.54, 1.807) is 25.2 Å². The number of pyridine rings is 1. The molecule has 5 rings (SSSR count). The van der Waals surface area contributed by atoms with Gasteiger partial charge in [0, 0.05) is 43.0 Å². The van der Waals surface area contributed by atoms with Gasteiger partial charge in [0.05, 0.1) is 10.6 Å². The number of anilines is 2. The molecule has 1 aliphatic heterocycles. The molecule has 1 aromatic carbocycles. The number of nitrogen functional groups attached to an aromatic ring is 1. The van der Waals surface area contributed by atoms with Gasteiger partial charge in [-0.15, -0.1) is 0 Å². The Morgan fingerprint density at radius 2 is 2.03 bits per heavy atom. The van der Waals surface area contributed by atoms with Crippen LogP contribution in [0, 0.1) is 16.7 Å². The lowest BCUT2D eigenvalue weighted by Crippen LogP contribution is -2.46. The molecule has 10 heteroatoms. The smallest absolute Gasteiger partial charge is 0.270 e. The van der Waals surface area contributed by atoms with E-state index in [4.69, 9.17) is 23.1 Å². The Bertz CT molecular complexity index is 1370. The summed E-state index contributed by atoms with van der Waals surface area (Å²) < 4.78 is 1.53. The van der Waals surface area contributed by atoms with Gasteiger partial charge in [0.15, 0.2) is 0 Å². The van der Waals surface area contributed by atoms with Crippen LogP contribution < -0.4 is 21.9 Å². The standard InChI is InChI=1S/C24H24ClN7OS/c1-31-22(33)19(34-17-6-2-4-14(13-26)18(17)25)21(28)30-23(31)32-10-7-24(8-11-32)12-16-15(20(24)27)5-3-9-29-16/h2-6,9,20H,7-8,10-12,27-28H2,1H3/t20-/m1/s1. The van der Waals surface area contributed by atoms with Crippen molar-refractivity contribution in [3.63, 3.8) is 0 Å². The zero-order valence-corrected chi connectivity index (χ0v) is 20.2. The highest BCUT2D eigenvalue weighted by Gasteiger charge is 2.46. The van der Waals surface area contributed by atoms with Crippen LogP contribution in [0.25, 0.3) is 0 Å². The van der Waals surface area contributed by atoms with Crippen LogP contribution >= 0.6 is 23.4 Å². The molecule has 1 spiro atoms. The van der Waals surface area contributed by atoms with Gasteiger partial charge < -0.3 is 16.4 Å². The second kappa shape index (κ2) is 8.62. The predicted octanol–water partition coefficient (Wildman–Crippen LogP) is 3.28. The molecule has 1 fully saturated rings. The number of benzene rings is 1. The number of fused-ring (bicyclic) bond motifs is 1. The second-order valence-electron chi connectivity index (χ2n) is 8.87. The molecule has 0 bridgehead atoms. The summed E-state index contributed by atoms with van der Waals surface area (Å²) in [6.45, 7) is 1.45. The van der Waals surface area contributed by atoms with E-state index in [2.05, 4.69) is 20.9 Å². The number of nitriles is 1. The van der Waals surface area contributed by atoms with Crippen LogP contribution in [0.2, 0.25) is 5.02 Å². The molecule has 3 heterocycles. The molecule has 0 unspecified atom stereocenters. The topological polar surface area (TPSA) is 127 Å².